The molecule has 0 spiro atoms. The van der Waals surface area contributed by atoms with Crippen LogP contribution >= 0.6 is 0 Å². The molecule has 10 heteroatoms. The number of alkyl halides is 3. The van der Waals surface area contributed by atoms with E-state index in [2.05, 4.69) is 15.6 Å². The van der Waals surface area contributed by atoms with Crippen molar-refractivity contribution in [2.75, 3.05) is 14.2 Å². The van der Waals surface area contributed by atoms with Crippen LogP contribution in [0.15, 0.2) is 60.8 Å². The quantitative estimate of drug-likeness (QED) is 0.406. The van der Waals surface area contributed by atoms with Crippen molar-refractivity contribution in [3.05, 3.63) is 94.8 Å². The minimum atomic E-state index is -4.55. The smallest absolute Gasteiger partial charge is 0.433 e. The number of hydrogen-bond acceptors (Lipinski definition) is 4. The van der Waals surface area contributed by atoms with Gasteiger partial charge in [0, 0.05) is 30.9 Å². The molecule has 0 saturated carbocycles. The molecule has 2 N–H and O–H groups in total. The first kappa shape index (κ1) is 26.1. The van der Waals surface area contributed by atoms with Gasteiger partial charge in [0.05, 0.1) is 7.11 Å². The molecule has 3 rings (SSSR count). The molecule has 3 aromatic rings. The van der Waals surface area contributed by atoms with Crippen molar-refractivity contribution in [1.29, 1.82) is 0 Å². The number of carbonyl (C=O) groups excluding carboxylic acids is 1. The zero-order chi connectivity index (χ0) is 25.6. The molecule has 35 heavy (non-hydrogen) atoms. The molecule has 0 aliphatic carbocycles. The lowest BCUT2D eigenvalue weighted by molar-refractivity contribution is -0.141. The van der Waals surface area contributed by atoms with Crippen molar-refractivity contribution in [3.8, 4) is 5.75 Å². The summed E-state index contributed by atoms with van der Waals surface area (Å²) in [7, 11) is 2.84. The molecule has 2 atom stereocenters. The third-order valence-electron chi connectivity index (χ3n) is 5.50. The molecule has 0 bridgehead atoms. The molecule has 0 saturated heterocycles. The van der Waals surface area contributed by atoms with Gasteiger partial charge in [-0.2, -0.15) is 13.2 Å². The molecule has 1 aromatic heterocycles. The molecule has 5 nitrogen and oxygen atoms in total. The molecular formula is C25H24F5N3O2. The highest BCUT2D eigenvalue weighted by atomic mass is 19.4. The number of nitrogens with one attached hydrogen (secondary N) is 2. The van der Waals surface area contributed by atoms with Gasteiger partial charge in [0.1, 0.15) is 29.1 Å². The Labute approximate surface area is 199 Å². The van der Waals surface area contributed by atoms with E-state index in [0.29, 0.717) is 16.9 Å². The molecule has 1 unspecified atom stereocenters. The molecule has 0 aliphatic heterocycles. The van der Waals surface area contributed by atoms with Crippen LogP contribution in [-0.2, 0) is 17.4 Å². The summed E-state index contributed by atoms with van der Waals surface area (Å²) in [5, 5.41) is 5.66. The lowest BCUT2D eigenvalue weighted by Gasteiger charge is -2.26. The number of aromatic nitrogens is 1. The summed E-state index contributed by atoms with van der Waals surface area (Å²) in [5.41, 5.74) is 0.202. The fraction of sp³-hybridized carbons (Fsp3) is 0.280. The molecule has 0 radical (unpaired) electrons. The molecule has 0 aliphatic rings. The number of aryl methyl sites for hydroxylation is 1. The number of nitrogens with zero attached hydrogens (tertiary/aromatic N) is 1. The molecule has 0 fully saturated rings. The minimum Gasteiger partial charge on any atom is -0.497 e. The zero-order valence-corrected chi connectivity index (χ0v) is 19.0. The molecule has 2 aromatic carbocycles. The fourth-order valence-electron chi connectivity index (χ4n) is 3.62. The van der Waals surface area contributed by atoms with Crippen molar-refractivity contribution in [1.82, 2.24) is 15.6 Å². The molecular weight excluding hydrogens is 469 g/mol. The maximum Gasteiger partial charge on any atom is 0.433 e. The van der Waals surface area contributed by atoms with E-state index in [1.54, 1.807) is 6.07 Å². The molecule has 1 amide bonds. The third kappa shape index (κ3) is 6.75. The van der Waals surface area contributed by atoms with E-state index in [1.807, 2.05) is 0 Å². The van der Waals surface area contributed by atoms with Crippen LogP contribution in [0.5, 0.6) is 5.75 Å². The van der Waals surface area contributed by atoms with Gasteiger partial charge in [-0.1, -0.05) is 24.3 Å². The highest BCUT2D eigenvalue weighted by Crippen LogP contribution is 2.30. The van der Waals surface area contributed by atoms with E-state index in [1.165, 1.54) is 56.6 Å². The Morgan fingerprint density at radius 1 is 1.06 bits per heavy atom. The summed E-state index contributed by atoms with van der Waals surface area (Å²) in [6.45, 7) is 0. The van der Waals surface area contributed by atoms with Crippen LogP contribution in [-0.4, -0.2) is 25.0 Å². The predicted molar refractivity (Wildman–Crippen MR) is 120 cm³/mol. The van der Waals surface area contributed by atoms with Crippen LogP contribution in [0.2, 0.25) is 0 Å². The average molecular weight is 493 g/mol. The Hall–Kier alpha value is -3.53. The largest absolute Gasteiger partial charge is 0.497 e. The summed E-state index contributed by atoms with van der Waals surface area (Å²) >= 11 is 0. The summed E-state index contributed by atoms with van der Waals surface area (Å²) in [6, 6.07) is 10.1. The lowest BCUT2D eigenvalue weighted by atomic mass is 9.96. The summed E-state index contributed by atoms with van der Waals surface area (Å²) < 4.78 is 71.9. The maximum absolute atomic E-state index is 15.0. The van der Waals surface area contributed by atoms with Gasteiger partial charge in [-0.15, -0.1) is 0 Å². The van der Waals surface area contributed by atoms with Crippen LogP contribution < -0.4 is 15.4 Å². The van der Waals surface area contributed by atoms with Gasteiger partial charge in [0.25, 0.3) is 0 Å². The van der Waals surface area contributed by atoms with Gasteiger partial charge in [0.15, 0.2) is 0 Å². The van der Waals surface area contributed by atoms with Crippen LogP contribution in [0.25, 0.3) is 0 Å². The number of ether oxygens (including phenoxy) is 1. The van der Waals surface area contributed by atoms with Crippen molar-refractivity contribution >= 4 is 5.91 Å². The Morgan fingerprint density at radius 2 is 1.77 bits per heavy atom. The Kier molecular flexibility index (Phi) is 8.39. The molecule has 186 valence electrons. The Bertz CT molecular complexity index is 1140. The van der Waals surface area contributed by atoms with Gasteiger partial charge >= 0.3 is 6.18 Å². The first-order valence-electron chi connectivity index (χ1n) is 10.7. The second kappa shape index (κ2) is 11.3. The Morgan fingerprint density at radius 3 is 2.31 bits per heavy atom. The number of benzene rings is 2. The SMILES string of the molecule is CNC(=O)C(N[C@@H](CCc1ccc(C(F)(F)F)nc1)c1ccc(OC)cc1F)c1ccc(F)cc1. The highest BCUT2D eigenvalue weighted by Gasteiger charge is 2.32. The Balaban J connectivity index is 1.91. The monoisotopic (exact) mass is 493 g/mol. The van der Waals surface area contributed by atoms with Crippen molar-refractivity contribution < 1.29 is 31.5 Å². The van der Waals surface area contributed by atoms with E-state index >= 15 is 0 Å². The summed E-state index contributed by atoms with van der Waals surface area (Å²) in [6.07, 6.45) is -2.95. The standard InChI is InChI=1S/C25H24F5N3O2/c1-31-24(34)23(16-5-7-17(26)8-6-16)33-21(19-10-9-18(35-2)13-20(19)27)11-3-15-4-12-22(32-14-15)25(28,29)30/h4-10,12-14,21,23,33H,3,11H2,1-2H3,(H,31,34)/t21-,23?/m0/s1. The van der Waals surface area contributed by atoms with E-state index in [9.17, 15) is 26.7 Å². The van der Waals surface area contributed by atoms with E-state index in [0.717, 1.165) is 12.3 Å². The lowest BCUT2D eigenvalue weighted by Crippen LogP contribution is -2.38. The van der Waals surface area contributed by atoms with Gasteiger partial charge in [0.2, 0.25) is 5.91 Å². The van der Waals surface area contributed by atoms with Crippen molar-refractivity contribution in [2.45, 2.75) is 31.1 Å². The summed E-state index contributed by atoms with van der Waals surface area (Å²) in [4.78, 5) is 16.1. The second-order valence-electron chi connectivity index (χ2n) is 7.79. The summed E-state index contributed by atoms with van der Waals surface area (Å²) in [5.74, 6) is -1.18. The van der Waals surface area contributed by atoms with Gasteiger partial charge in [-0.05, 0) is 48.2 Å². The van der Waals surface area contributed by atoms with E-state index in [-0.39, 0.29) is 18.4 Å². The van der Waals surface area contributed by atoms with Gasteiger partial charge < -0.3 is 10.1 Å². The number of hydrogen-bond donors (Lipinski definition) is 2. The van der Waals surface area contributed by atoms with Crippen molar-refractivity contribution in [2.24, 2.45) is 0 Å². The average Bonchev–Trinajstić information content (AvgIpc) is 2.84. The molecule has 1 heterocycles. The fourth-order valence-corrected chi connectivity index (χ4v) is 3.62. The van der Waals surface area contributed by atoms with Gasteiger partial charge in [-0.25, -0.2) is 8.78 Å². The normalized spacial score (nSPS) is 13.2. The number of rotatable bonds is 9. The highest BCUT2D eigenvalue weighted by molar-refractivity contribution is 5.83. The predicted octanol–water partition coefficient (Wildman–Crippen LogP) is 5.14. The third-order valence-corrected chi connectivity index (χ3v) is 5.50. The van der Waals surface area contributed by atoms with Gasteiger partial charge in [-0.3, -0.25) is 15.1 Å². The van der Waals surface area contributed by atoms with E-state index in [4.69, 9.17) is 4.74 Å². The number of carbonyl (C=O) groups is 1. The second-order valence-corrected chi connectivity index (χ2v) is 7.79. The number of likely N-dealkylation sites (N-methyl/N-ethyl adjacent to an activating group) is 1. The first-order chi connectivity index (χ1) is 16.6. The number of amides is 1. The van der Waals surface area contributed by atoms with E-state index < -0.39 is 41.5 Å². The zero-order valence-electron chi connectivity index (χ0n) is 19.0. The maximum atomic E-state index is 15.0. The number of pyridine rings is 1. The van der Waals surface area contributed by atoms with Crippen molar-refractivity contribution in [3.63, 3.8) is 0 Å². The minimum absolute atomic E-state index is 0.227. The van der Waals surface area contributed by atoms with Crippen LogP contribution in [0, 0.1) is 11.6 Å². The topological polar surface area (TPSA) is 63.2 Å². The van der Waals surface area contributed by atoms with Crippen LogP contribution in [0.3, 0.4) is 0 Å². The first-order valence-corrected chi connectivity index (χ1v) is 10.7. The van der Waals surface area contributed by atoms with Crippen LogP contribution in [0.1, 0.15) is 40.9 Å². The number of methoxy groups -OCH3 is 1. The van der Waals surface area contributed by atoms with Crippen LogP contribution in [0.4, 0.5) is 22.0 Å². The number of halogens is 5.